The van der Waals surface area contributed by atoms with Gasteiger partial charge in [-0.25, -0.2) is 13.2 Å². The minimum absolute atomic E-state index is 0.0547. The van der Waals surface area contributed by atoms with Gasteiger partial charge in [0.1, 0.15) is 0 Å². The fourth-order valence-electron chi connectivity index (χ4n) is 1.20. The predicted octanol–water partition coefficient (Wildman–Crippen LogP) is 0.362. The molecule has 0 aliphatic rings. The smallest absolute Gasteiger partial charge is 0.315 e. The number of nitrogens with one attached hydrogen (secondary N) is 2. The van der Waals surface area contributed by atoms with Crippen molar-refractivity contribution >= 4 is 21.8 Å². The average molecular weight is 294 g/mol. The first-order valence-electron chi connectivity index (χ1n) is 5.74. The summed E-state index contributed by atoms with van der Waals surface area (Å²) < 4.78 is 21.8. The molecule has 3 N–H and O–H groups in total. The van der Waals surface area contributed by atoms with E-state index >= 15 is 0 Å². The summed E-state index contributed by atoms with van der Waals surface area (Å²) in [5.41, 5.74) is -0.912. The molecule has 0 aromatic heterocycles. The van der Waals surface area contributed by atoms with Gasteiger partial charge in [-0.05, 0) is 27.7 Å². The standard InChI is InChI=1S/C11H22N2O5S/c1-10(2,6-8(14)15)13-9(16)12-7-11(3,4)19(5,17)18/h6-7H2,1-5H3,(H,14,15)(H2,12,13,16). The van der Waals surface area contributed by atoms with E-state index in [0.717, 1.165) is 6.26 Å². The fourth-order valence-corrected chi connectivity index (χ4v) is 1.53. The van der Waals surface area contributed by atoms with E-state index in [1.807, 2.05) is 0 Å². The van der Waals surface area contributed by atoms with Gasteiger partial charge < -0.3 is 15.7 Å². The molecule has 8 heteroatoms. The number of sulfone groups is 1. The van der Waals surface area contributed by atoms with Crippen molar-refractivity contribution in [3.8, 4) is 0 Å². The highest BCUT2D eigenvalue weighted by Gasteiger charge is 2.31. The Labute approximate surface area is 113 Å². The quantitative estimate of drug-likeness (QED) is 0.655. The first-order valence-corrected chi connectivity index (χ1v) is 7.63. The molecule has 0 aromatic carbocycles. The van der Waals surface area contributed by atoms with Crippen LogP contribution in [0.2, 0.25) is 0 Å². The van der Waals surface area contributed by atoms with Crippen molar-refractivity contribution in [1.29, 1.82) is 0 Å². The minimum atomic E-state index is -3.30. The number of hydrogen-bond donors (Lipinski definition) is 3. The van der Waals surface area contributed by atoms with E-state index in [1.165, 1.54) is 13.8 Å². The van der Waals surface area contributed by atoms with Crippen LogP contribution in [0, 0.1) is 0 Å². The van der Waals surface area contributed by atoms with Crippen LogP contribution in [0.4, 0.5) is 4.79 Å². The molecule has 2 amide bonds. The predicted molar refractivity (Wildman–Crippen MR) is 71.8 cm³/mol. The lowest BCUT2D eigenvalue weighted by Gasteiger charge is -2.27. The van der Waals surface area contributed by atoms with Crippen molar-refractivity contribution in [1.82, 2.24) is 10.6 Å². The van der Waals surface area contributed by atoms with Gasteiger partial charge >= 0.3 is 12.0 Å². The Morgan fingerprint density at radius 1 is 1.16 bits per heavy atom. The van der Waals surface area contributed by atoms with Crippen LogP contribution in [0.5, 0.6) is 0 Å². The van der Waals surface area contributed by atoms with E-state index in [9.17, 15) is 18.0 Å². The number of carbonyl (C=O) groups is 2. The molecule has 0 radical (unpaired) electrons. The molecule has 0 atom stereocenters. The molecule has 0 aliphatic heterocycles. The highest BCUT2D eigenvalue weighted by Crippen LogP contribution is 2.13. The zero-order chi connectivity index (χ0) is 15.5. The average Bonchev–Trinajstić information content (AvgIpc) is 2.09. The Bertz CT molecular complexity index is 454. The van der Waals surface area contributed by atoms with E-state index < -0.39 is 32.1 Å². The fraction of sp³-hybridized carbons (Fsp3) is 0.818. The van der Waals surface area contributed by atoms with Gasteiger partial charge in [-0.3, -0.25) is 4.79 Å². The molecule has 0 spiro atoms. The summed E-state index contributed by atoms with van der Waals surface area (Å²) >= 11 is 0. The molecule has 0 saturated heterocycles. The van der Waals surface area contributed by atoms with Gasteiger partial charge in [0, 0.05) is 18.3 Å². The minimum Gasteiger partial charge on any atom is -0.481 e. The highest BCUT2D eigenvalue weighted by molar-refractivity contribution is 7.92. The van der Waals surface area contributed by atoms with Crippen molar-refractivity contribution in [2.45, 2.75) is 44.4 Å². The second-order valence-electron chi connectivity index (χ2n) is 5.79. The third kappa shape index (κ3) is 6.42. The number of carbonyl (C=O) groups excluding carboxylic acids is 1. The van der Waals surface area contributed by atoms with Crippen molar-refractivity contribution in [2.75, 3.05) is 12.8 Å². The van der Waals surface area contributed by atoms with Crippen LogP contribution in [-0.4, -0.2) is 48.6 Å². The van der Waals surface area contributed by atoms with Crippen molar-refractivity contribution in [3.05, 3.63) is 0 Å². The molecule has 0 fully saturated rings. The topological polar surface area (TPSA) is 113 Å². The number of carboxylic acid groups (broad SMARTS) is 1. The van der Waals surface area contributed by atoms with E-state index in [2.05, 4.69) is 10.6 Å². The molecule has 0 rings (SSSR count). The first kappa shape index (κ1) is 17.7. The van der Waals surface area contributed by atoms with Crippen molar-refractivity contribution in [3.63, 3.8) is 0 Å². The van der Waals surface area contributed by atoms with Gasteiger partial charge in [0.05, 0.1) is 11.2 Å². The monoisotopic (exact) mass is 294 g/mol. The summed E-state index contributed by atoms with van der Waals surface area (Å²) in [6.45, 7) is 6.10. The first-order chi connectivity index (χ1) is 8.27. The van der Waals surface area contributed by atoms with Crippen LogP contribution >= 0.6 is 0 Å². The normalized spacial score (nSPS) is 12.9. The van der Waals surface area contributed by atoms with Crippen LogP contribution < -0.4 is 10.6 Å². The molecule has 112 valence electrons. The summed E-state index contributed by atoms with van der Waals surface area (Å²) in [7, 11) is -3.30. The second kappa shape index (κ2) is 5.77. The molecular weight excluding hydrogens is 272 g/mol. The van der Waals surface area contributed by atoms with Gasteiger partial charge in [0.2, 0.25) is 0 Å². The molecule has 0 heterocycles. The number of amides is 2. The number of aliphatic carboxylic acids is 1. The summed E-state index contributed by atoms with van der Waals surface area (Å²) in [5.74, 6) is -1.03. The Morgan fingerprint density at radius 3 is 2.00 bits per heavy atom. The van der Waals surface area contributed by atoms with E-state index in [4.69, 9.17) is 5.11 Å². The summed E-state index contributed by atoms with van der Waals surface area (Å²) in [6.07, 6.45) is 0.872. The number of hydrogen-bond acceptors (Lipinski definition) is 4. The Hall–Kier alpha value is -1.31. The lowest BCUT2D eigenvalue weighted by molar-refractivity contribution is -0.138. The van der Waals surface area contributed by atoms with Crippen LogP contribution in [0.25, 0.3) is 0 Å². The maximum absolute atomic E-state index is 11.6. The molecule has 19 heavy (non-hydrogen) atoms. The number of rotatable bonds is 6. The van der Waals surface area contributed by atoms with Gasteiger partial charge in [-0.1, -0.05) is 0 Å². The second-order valence-corrected chi connectivity index (χ2v) is 8.44. The third-order valence-electron chi connectivity index (χ3n) is 2.72. The lowest BCUT2D eigenvalue weighted by atomic mass is 10.0. The molecule has 0 aromatic rings. The molecule has 0 saturated carbocycles. The molecule has 0 unspecified atom stereocenters. The van der Waals surface area contributed by atoms with E-state index in [0.29, 0.717) is 0 Å². The number of carboxylic acids is 1. The zero-order valence-corrected chi connectivity index (χ0v) is 12.7. The van der Waals surface area contributed by atoms with Crippen molar-refractivity contribution < 1.29 is 23.1 Å². The van der Waals surface area contributed by atoms with Crippen LogP contribution in [0.3, 0.4) is 0 Å². The van der Waals surface area contributed by atoms with E-state index in [1.54, 1.807) is 13.8 Å². The lowest BCUT2D eigenvalue weighted by Crippen LogP contribution is -2.53. The van der Waals surface area contributed by atoms with Crippen LogP contribution in [0.15, 0.2) is 0 Å². The molecule has 7 nitrogen and oxygen atoms in total. The third-order valence-corrected chi connectivity index (χ3v) is 4.88. The van der Waals surface area contributed by atoms with Gasteiger partial charge in [0.15, 0.2) is 9.84 Å². The number of urea groups is 1. The maximum atomic E-state index is 11.6. The Morgan fingerprint density at radius 2 is 1.63 bits per heavy atom. The van der Waals surface area contributed by atoms with E-state index in [-0.39, 0.29) is 13.0 Å². The summed E-state index contributed by atoms with van der Waals surface area (Å²) in [5, 5.41) is 13.6. The van der Waals surface area contributed by atoms with Gasteiger partial charge in [-0.15, -0.1) is 0 Å². The largest absolute Gasteiger partial charge is 0.481 e. The molecule has 0 bridgehead atoms. The maximum Gasteiger partial charge on any atom is 0.315 e. The van der Waals surface area contributed by atoms with Crippen LogP contribution in [-0.2, 0) is 14.6 Å². The molecular formula is C11H22N2O5S. The van der Waals surface area contributed by atoms with Crippen LogP contribution in [0.1, 0.15) is 34.1 Å². The summed E-state index contributed by atoms with van der Waals surface area (Å²) in [6, 6.07) is -0.594. The summed E-state index contributed by atoms with van der Waals surface area (Å²) in [4.78, 5) is 22.2. The van der Waals surface area contributed by atoms with Gasteiger partial charge in [-0.2, -0.15) is 0 Å². The van der Waals surface area contributed by atoms with Crippen molar-refractivity contribution in [2.24, 2.45) is 0 Å². The Balaban J connectivity index is 4.47. The zero-order valence-electron chi connectivity index (χ0n) is 11.9. The van der Waals surface area contributed by atoms with Gasteiger partial charge in [0.25, 0.3) is 0 Å². The Kier molecular flexibility index (Phi) is 5.37. The molecule has 0 aliphatic carbocycles. The SMILES string of the molecule is CC(C)(CC(=O)O)NC(=O)NCC(C)(C)S(C)(=O)=O. The highest BCUT2D eigenvalue weighted by atomic mass is 32.2.